The van der Waals surface area contributed by atoms with E-state index in [0.29, 0.717) is 12.8 Å². The van der Waals surface area contributed by atoms with E-state index in [4.69, 9.17) is 0 Å². The Bertz CT molecular complexity index is 338. The maximum absolute atomic E-state index is 11.3. The Labute approximate surface area is 87.1 Å². The summed E-state index contributed by atoms with van der Waals surface area (Å²) < 4.78 is 0. The number of hydrogen-bond donors (Lipinski definition) is 1. The van der Waals surface area contributed by atoms with Crippen LogP contribution in [0.1, 0.15) is 19.8 Å². The molecule has 1 heterocycles. The highest BCUT2D eigenvalue weighted by atomic mass is 16.2. The second-order valence-electron chi connectivity index (χ2n) is 3.90. The highest BCUT2D eigenvalue weighted by Gasteiger charge is 2.40. The van der Waals surface area contributed by atoms with Crippen molar-refractivity contribution in [3.8, 4) is 0 Å². The molecule has 0 aromatic carbocycles. The minimum absolute atomic E-state index is 0.0446. The molecule has 0 unspecified atom stereocenters. The van der Waals surface area contributed by atoms with Gasteiger partial charge in [0, 0.05) is 31.2 Å². The molecule has 1 aliphatic carbocycles. The molecule has 0 aromatic heterocycles. The zero-order valence-electron chi connectivity index (χ0n) is 8.40. The van der Waals surface area contributed by atoms with Crippen LogP contribution in [0, 0.1) is 0 Å². The molecule has 5 nitrogen and oxygen atoms in total. The second-order valence-corrected chi connectivity index (χ2v) is 3.90. The van der Waals surface area contributed by atoms with Crippen molar-refractivity contribution in [1.29, 1.82) is 0 Å². The predicted octanol–water partition coefficient (Wildman–Crippen LogP) is -0.421. The third-order valence-electron chi connectivity index (χ3n) is 2.73. The van der Waals surface area contributed by atoms with E-state index in [1.807, 2.05) is 0 Å². The summed E-state index contributed by atoms with van der Waals surface area (Å²) in [5, 5.41) is 2.75. The Morgan fingerprint density at radius 1 is 1.33 bits per heavy atom. The van der Waals surface area contributed by atoms with Crippen LogP contribution in [0.4, 0.5) is 0 Å². The lowest BCUT2D eigenvalue weighted by Crippen LogP contribution is -2.55. The first-order chi connectivity index (χ1) is 7.08. The molecule has 2 rings (SSSR count). The number of carbonyl (C=O) groups is 3. The average Bonchev–Trinajstić information content (AvgIpc) is 2.39. The number of amides is 3. The first kappa shape index (κ1) is 9.89. The molecule has 0 radical (unpaired) electrons. The Morgan fingerprint density at radius 2 is 1.87 bits per heavy atom. The summed E-state index contributed by atoms with van der Waals surface area (Å²) in [6, 6.07) is 0.0607. The fraction of sp³-hybridized carbons (Fsp3) is 0.500. The molecule has 1 N–H and O–H groups in total. The van der Waals surface area contributed by atoms with E-state index in [2.05, 4.69) is 5.32 Å². The molecule has 2 aliphatic rings. The van der Waals surface area contributed by atoms with Gasteiger partial charge in [-0.25, -0.2) is 0 Å². The Morgan fingerprint density at radius 3 is 2.33 bits per heavy atom. The zero-order valence-corrected chi connectivity index (χ0v) is 8.40. The standard InChI is InChI=1S/C10H12N2O3/c1-6(13)11-7-4-8(5-7)12-9(14)2-3-10(12)15/h2-3,7-8H,4-5H2,1H3,(H,11,13). The zero-order chi connectivity index (χ0) is 11.0. The van der Waals surface area contributed by atoms with Crippen LogP contribution < -0.4 is 5.32 Å². The van der Waals surface area contributed by atoms with E-state index in [0.717, 1.165) is 0 Å². The number of carbonyl (C=O) groups excluding carboxylic acids is 3. The van der Waals surface area contributed by atoms with Gasteiger partial charge in [-0.05, 0) is 12.8 Å². The van der Waals surface area contributed by atoms with Crippen molar-refractivity contribution in [2.24, 2.45) is 0 Å². The quantitative estimate of drug-likeness (QED) is 0.627. The molecular formula is C10H12N2O3. The molecule has 80 valence electrons. The average molecular weight is 208 g/mol. The summed E-state index contributed by atoms with van der Waals surface area (Å²) in [6.45, 7) is 1.46. The highest BCUT2D eigenvalue weighted by Crippen LogP contribution is 2.27. The monoisotopic (exact) mass is 208 g/mol. The minimum Gasteiger partial charge on any atom is -0.353 e. The van der Waals surface area contributed by atoms with Crippen LogP contribution in [0.15, 0.2) is 12.2 Å². The number of imide groups is 1. The van der Waals surface area contributed by atoms with Gasteiger partial charge in [0.05, 0.1) is 0 Å². The van der Waals surface area contributed by atoms with Crippen molar-refractivity contribution < 1.29 is 14.4 Å². The second kappa shape index (κ2) is 3.49. The molecule has 0 bridgehead atoms. The van der Waals surface area contributed by atoms with Crippen molar-refractivity contribution in [2.75, 3.05) is 0 Å². The van der Waals surface area contributed by atoms with Crippen LogP contribution in [0.25, 0.3) is 0 Å². The van der Waals surface area contributed by atoms with Gasteiger partial charge in [-0.1, -0.05) is 0 Å². The third-order valence-corrected chi connectivity index (χ3v) is 2.73. The van der Waals surface area contributed by atoms with Gasteiger partial charge in [0.2, 0.25) is 5.91 Å². The van der Waals surface area contributed by atoms with Crippen molar-refractivity contribution in [3.05, 3.63) is 12.2 Å². The summed E-state index contributed by atoms with van der Waals surface area (Å²) >= 11 is 0. The predicted molar refractivity (Wildman–Crippen MR) is 51.6 cm³/mol. The molecule has 1 fully saturated rings. The van der Waals surface area contributed by atoms with Gasteiger partial charge in [0.25, 0.3) is 11.8 Å². The molecule has 1 aliphatic heterocycles. The maximum Gasteiger partial charge on any atom is 0.253 e. The summed E-state index contributed by atoms with van der Waals surface area (Å²) in [5.41, 5.74) is 0. The summed E-state index contributed by atoms with van der Waals surface area (Å²) in [6.07, 6.45) is 3.90. The fourth-order valence-corrected chi connectivity index (χ4v) is 1.98. The van der Waals surface area contributed by atoms with Crippen LogP contribution in [0.3, 0.4) is 0 Å². The van der Waals surface area contributed by atoms with Crippen molar-refractivity contribution in [1.82, 2.24) is 10.2 Å². The molecule has 5 heteroatoms. The summed E-state index contributed by atoms with van der Waals surface area (Å²) in [7, 11) is 0. The molecule has 15 heavy (non-hydrogen) atoms. The van der Waals surface area contributed by atoms with Crippen LogP contribution in [0.2, 0.25) is 0 Å². The molecule has 3 amide bonds. The van der Waals surface area contributed by atoms with Crippen LogP contribution in [-0.4, -0.2) is 34.7 Å². The summed E-state index contributed by atoms with van der Waals surface area (Å²) in [4.78, 5) is 34.6. The Balaban J connectivity index is 1.87. The maximum atomic E-state index is 11.3. The number of hydrogen-bond acceptors (Lipinski definition) is 3. The molecule has 0 atom stereocenters. The fourth-order valence-electron chi connectivity index (χ4n) is 1.98. The third kappa shape index (κ3) is 1.77. The lowest BCUT2D eigenvalue weighted by Gasteiger charge is -2.40. The molecule has 0 spiro atoms. The smallest absolute Gasteiger partial charge is 0.253 e. The van der Waals surface area contributed by atoms with Crippen molar-refractivity contribution in [3.63, 3.8) is 0 Å². The van der Waals surface area contributed by atoms with E-state index in [1.165, 1.54) is 24.0 Å². The first-order valence-electron chi connectivity index (χ1n) is 4.90. The molecule has 0 aromatic rings. The SMILES string of the molecule is CC(=O)NC1CC(N2C(=O)C=CC2=O)C1. The number of nitrogens with zero attached hydrogens (tertiary/aromatic N) is 1. The van der Waals surface area contributed by atoms with Gasteiger partial charge in [0.1, 0.15) is 0 Å². The van der Waals surface area contributed by atoms with Gasteiger partial charge in [-0.3, -0.25) is 19.3 Å². The Kier molecular flexibility index (Phi) is 2.30. The van der Waals surface area contributed by atoms with Crippen LogP contribution in [0.5, 0.6) is 0 Å². The van der Waals surface area contributed by atoms with Crippen LogP contribution in [-0.2, 0) is 14.4 Å². The van der Waals surface area contributed by atoms with Gasteiger partial charge >= 0.3 is 0 Å². The van der Waals surface area contributed by atoms with Gasteiger partial charge in [-0.2, -0.15) is 0 Å². The van der Waals surface area contributed by atoms with Crippen LogP contribution >= 0.6 is 0 Å². The topological polar surface area (TPSA) is 66.5 Å². The molecule has 1 saturated carbocycles. The summed E-state index contributed by atoms with van der Waals surface area (Å²) in [5.74, 6) is -0.562. The van der Waals surface area contributed by atoms with Gasteiger partial charge in [0.15, 0.2) is 0 Å². The van der Waals surface area contributed by atoms with E-state index in [9.17, 15) is 14.4 Å². The van der Waals surface area contributed by atoms with Gasteiger partial charge < -0.3 is 5.32 Å². The lowest BCUT2D eigenvalue weighted by atomic mass is 9.85. The lowest BCUT2D eigenvalue weighted by molar-refractivity contribution is -0.141. The van der Waals surface area contributed by atoms with E-state index >= 15 is 0 Å². The highest BCUT2D eigenvalue weighted by molar-refractivity contribution is 6.13. The number of rotatable bonds is 2. The minimum atomic E-state index is -0.244. The van der Waals surface area contributed by atoms with E-state index < -0.39 is 0 Å². The van der Waals surface area contributed by atoms with Gasteiger partial charge in [-0.15, -0.1) is 0 Å². The first-order valence-corrected chi connectivity index (χ1v) is 4.90. The van der Waals surface area contributed by atoms with E-state index in [-0.39, 0.29) is 29.8 Å². The molecule has 0 saturated heterocycles. The van der Waals surface area contributed by atoms with Crippen molar-refractivity contribution >= 4 is 17.7 Å². The number of nitrogens with one attached hydrogen (secondary N) is 1. The van der Waals surface area contributed by atoms with Crippen molar-refractivity contribution in [2.45, 2.75) is 31.8 Å². The molecular weight excluding hydrogens is 196 g/mol. The Hall–Kier alpha value is -1.65. The largest absolute Gasteiger partial charge is 0.353 e. The van der Waals surface area contributed by atoms with E-state index in [1.54, 1.807) is 0 Å². The normalized spacial score (nSPS) is 29.3.